The summed E-state index contributed by atoms with van der Waals surface area (Å²) < 4.78 is 0. The second kappa shape index (κ2) is 6.38. The molecule has 20 heavy (non-hydrogen) atoms. The fourth-order valence-corrected chi connectivity index (χ4v) is 2.75. The Kier molecular flexibility index (Phi) is 4.57. The van der Waals surface area contributed by atoms with Crippen LogP contribution in [-0.4, -0.2) is 16.1 Å². The molecule has 0 spiro atoms. The van der Waals surface area contributed by atoms with Gasteiger partial charge >= 0.3 is 5.97 Å². The molecule has 0 saturated carbocycles. The summed E-state index contributed by atoms with van der Waals surface area (Å²) in [6, 6.07) is 7.11. The average Bonchev–Trinajstić information content (AvgIpc) is 2.94. The van der Waals surface area contributed by atoms with Crippen molar-refractivity contribution in [1.29, 1.82) is 0 Å². The van der Waals surface area contributed by atoms with E-state index in [0.717, 1.165) is 12.8 Å². The van der Waals surface area contributed by atoms with Crippen LogP contribution in [0.3, 0.4) is 0 Å². The first-order valence-electron chi connectivity index (χ1n) is 6.41. The zero-order valence-electron chi connectivity index (χ0n) is 11.2. The van der Waals surface area contributed by atoms with Crippen LogP contribution >= 0.6 is 11.3 Å². The van der Waals surface area contributed by atoms with E-state index in [4.69, 9.17) is 10.8 Å². The van der Waals surface area contributed by atoms with E-state index in [9.17, 15) is 4.79 Å². The lowest BCUT2D eigenvalue weighted by atomic mass is 10.1. The van der Waals surface area contributed by atoms with Crippen molar-refractivity contribution in [3.05, 3.63) is 40.2 Å². The van der Waals surface area contributed by atoms with Crippen LogP contribution in [0.25, 0.3) is 0 Å². The van der Waals surface area contributed by atoms with Gasteiger partial charge in [0.15, 0.2) is 11.5 Å². The van der Waals surface area contributed by atoms with Crippen LogP contribution in [0.15, 0.2) is 29.6 Å². The Hall–Kier alpha value is -2.08. The largest absolute Gasteiger partial charge is 0.477 e. The topological polar surface area (TPSA) is 88.2 Å². The van der Waals surface area contributed by atoms with Gasteiger partial charge in [0.25, 0.3) is 0 Å². The summed E-state index contributed by atoms with van der Waals surface area (Å²) in [5.74, 6) is -0.632. The van der Waals surface area contributed by atoms with Gasteiger partial charge in [0.05, 0.1) is 11.7 Å². The van der Waals surface area contributed by atoms with E-state index in [-0.39, 0.29) is 11.7 Å². The van der Waals surface area contributed by atoms with Crippen LogP contribution in [-0.2, 0) is 0 Å². The number of aromatic carboxylic acids is 1. The lowest BCUT2D eigenvalue weighted by Crippen LogP contribution is -2.13. The molecule has 0 aromatic carbocycles. The number of hydrogen-bond acceptors (Lipinski definition) is 5. The van der Waals surface area contributed by atoms with Gasteiger partial charge in [-0.3, -0.25) is 0 Å². The maximum absolute atomic E-state index is 11.0. The van der Waals surface area contributed by atoms with Crippen molar-refractivity contribution in [1.82, 2.24) is 4.98 Å². The molecule has 4 N–H and O–H groups in total. The Labute approximate surface area is 121 Å². The average molecular weight is 291 g/mol. The fourth-order valence-electron chi connectivity index (χ4n) is 1.93. The third-order valence-corrected chi connectivity index (χ3v) is 3.91. The number of thiophene rings is 1. The third-order valence-electron chi connectivity index (χ3n) is 2.92. The molecule has 0 aliphatic carbocycles. The Morgan fingerprint density at radius 3 is 2.90 bits per heavy atom. The molecule has 106 valence electrons. The van der Waals surface area contributed by atoms with E-state index in [0.29, 0.717) is 11.5 Å². The maximum atomic E-state index is 11.0. The van der Waals surface area contributed by atoms with Crippen LogP contribution in [0.1, 0.15) is 41.2 Å². The summed E-state index contributed by atoms with van der Waals surface area (Å²) >= 11 is 1.66. The Morgan fingerprint density at radius 1 is 1.50 bits per heavy atom. The molecule has 0 radical (unpaired) electrons. The summed E-state index contributed by atoms with van der Waals surface area (Å²) in [7, 11) is 0. The van der Waals surface area contributed by atoms with Crippen LogP contribution in [0.5, 0.6) is 0 Å². The molecular formula is C14H17N3O2S. The molecule has 6 heteroatoms. The highest BCUT2D eigenvalue weighted by Gasteiger charge is 2.15. The van der Waals surface area contributed by atoms with Gasteiger partial charge in [0.1, 0.15) is 0 Å². The number of hydrogen-bond donors (Lipinski definition) is 3. The zero-order chi connectivity index (χ0) is 14.5. The molecule has 2 aromatic heterocycles. The second-order valence-corrected chi connectivity index (χ2v) is 5.42. The molecule has 0 amide bonds. The van der Waals surface area contributed by atoms with Crippen molar-refractivity contribution in [2.45, 2.75) is 25.8 Å². The molecule has 0 aliphatic rings. The molecule has 1 unspecified atom stereocenters. The molecule has 5 nitrogen and oxygen atoms in total. The summed E-state index contributed by atoms with van der Waals surface area (Å²) in [5, 5.41) is 14.3. The number of carboxylic acid groups (broad SMARTS) is 1. The van der Waals surface area contributed by atoms with Gasteiger partial charge in [0, 0.05) is 4.88 Å². The SMILES string of the molecule is CCCC(Nc1nc(C(=O)O)ccc1N)c1cccs1. The molecule has 1 atom stereocenters. The van der Waals surface area contributed by atoms with E-state index >= 15 is 0 Å². The lowest BCUT2D eigenvalue weighted by molar-refractivity contribution is 0.0690. The van der Waals surface area contributed by atoms with Crippen molar-refractivity contribution >= 4 is 28.8 Å². The molecule has 0 fully saturated rings. The van der Waals surface area contributed by atoms with E-state index in [2.05, 4.69) is 23.3 Å². The highest BCUT2D eigenvalue weighted by molar-refractivity contribution is 7.10. The highest BCUT2D eigenvalue weighted by Crippen LogP contribution is 2.29. The van der Waals surface area contributed by atoms with Gasteiger partial charge < -0.3 is 16.2 Å². The van der Waals surface area contributed by atoms with Crippen LogP contribution < -0.4 is 11.1 Å². The van der Waals surface area contributed by atoms with Crippen molar-refractivity contribution in [3.8, 4) is 0 Å². The number of nitrogens with zero attached hydrogens (tertiary/aromatic N) is 1. The normalized spacial score (nSPS) is 12.1. The first-order chi connectivity index (χ1) is 9.61. The number of pyridine rings is 1. The monoisotopic (exact) mass is 291 g/mol. The van der Waals surface area contributed by atoms with Crippen LogP contribution in [0.4, 0.5) is 11.5 Å². The fraction of sp³-hybridized carbons (Fsp3) is 0.286. The number of nitrogens with one attached hydrogen (secondary N) is 1. The Balaban J connectivity index is 2.26. The minimum Gasteiger partial charge on any atom is -0.477 e. The van der Waals surface area contributed by atoms with Gasteiger partial charge in [0.2, 0.25) is 0 Å². The number of anilines is 2. The van der Waals surface area contributed by atoms with Crippen molar-refractivity contribution in [3.63, 3.8) is 0 Å². The molecule has 2 aromatic rings. The van der Waals surface area contributed by atoms with E-state index < -0.39 is 5.97 Å². The Morgan fingerprint density at radius 2 is 2.30 bits per heavy atom. The van der Waals surface area contributed by atoms with Crippen LogP contribution in [0, 0.1) is 0 Å². The lowest BCUT2D eigenvalue weighted by Gasteiger charge is -2.18. The molecule has 0 aliphatic heterocycles. The molecule has 0 saturated heterocycles. The molecular weight excluding hydrogens is 274 g/mol. The minimum atomic E-state index is -1.06. The van der Waals surface area contributed by atoms with Gasteiger partial charge in [-0.15, -0.1) is 11.3 Å². The summed E-state index contributed by atoms with van der Waals surface area (Å²) in [4.78, 5) is 16.2. The number of nitrogens with two attached hydrogens (primary N) is 1. The number of carboxylic acids is 1. The summed E-state index contributed by atoms with van der Waals surface area (Å²) in [6.07, 6.45) is 1.94. The smallest absolute Gasteiger partial charge is 0.354 e. The molecule has 2 heterocycles. The standard InChI is InChI=1S/C14H17N3O2S/c1-2-4-10(12-5-3-8-20-12)16-13-9(15)6-7-11(17-13)14(18)19/h3,5-8,10H,2,4,15H2,1H3,(H,16,17)(H,18,19). The van der Waals surface area contributed by atoms with Gasteiger partial charge in [-0.05, 0) is 30.0 Å². The van der Waals surface area contributed by atoms with Gasteiger partial charge in [-0.1, -0.05) is 19.4 Å². The quantitative estimate of drug-likeness (QED) is 0.759. The van der Waals surface area contributed by atoms with Crippen LogP contribution in [0.2, 0.25) is 0 Å². The minimum absolute atomic E-state index is 0.0110. The second-order valence-electron chi connectivity index (χ2n) is 4.44. The first-order valence-corrected chi connectivity index (χ1v) is 7.29. The first kappa shape index (κ1) is 14.3. The van der Waals surface area contributed by atoms with E-state index in [1.54, 1.807) is 17.4 Å². The predicted molar refractivity (Wildman–Crippen MR) is 81.2 cm³/mol. The maximum Gasteiger partial charge on any atom is 0.354 e. The van der Waals surface area contributed by atoms with Gasteiger partial charge in [-0.2, -0.15) is 0 Å². The number of rotatable bonds is 6. The number of nitrogen functional groups attached to an aromatic ring is 1. The Bertz CT molecular complexity index is 584. The molecule has 0 bridgehead atoms. The molecule has 2 rings (SSSR count). The van der Waals surface area contributed by atoms with Crippen molar-refractivity contribution in [2.75, 3.05) is 11.1 Å². The zero-order valence-corrected chi connectivity index (χ0v) is 12.0. The van der Waals surface area contributed by atoms with Crippen molar-refractivity contribution in [2.24, 2.45) is 0 Å². The van der Waals surface area contributed by atoms with Gasteiger partial charge in [-0.25, -0.2) is 9.78 Å². The number of carbonyl (C=O) groups is 1. The number of aromatic nitrogens is 1. The predicted octanol–water partition coefficient (Wildman–Crippen LogP) is 3.38. The van der Waals surface area contributed by atoms with E-state index in [1.807, 2.05) is 11.4 Å². The summed E-state index contributed by atoms with van der Waals surface area (Å²) in [6.45, 7) is 2.10. The summed E-state index contributed by atoms with van der Waals surface area (Å²) in [5.41, 5.74) is 6.31. The third kappa shape index (κ3) is 3.27. The van der Waals surface area contributed by atoms with Crippen molar-refractivity contribution < 1.29 is 9.90 Å². The van der Waals surface area contributed by atoms with E-state index in [1.165, 1.54) is 10.9 Å². The highest BCUT2D eigenvalue weighted by atomic mass is 32.1.